The number of carbonyl (C=O) groups is 2. The minimum Gasteiger partial charge on any atom is -0.477 e. The molecule has 2 saturated carbocycles. The lowest BCUT2D eigenvalue weighted by Gasteiger charge is -2.39. The Morgan fingerprint density at radius 3 is 2.19 bits per heavy atom. The molecular weight excluding hydrogens is 406 g/mol. The third kappa shape index (κ3) is 5.08. The van der Waals surface area contributed by atoms with E-state index in [1.165, 1.54) is 23.3 Å². The van der Waals surface area contributed by atoms with Gasteiger partial charge in [0, 0.05) is 16.8 Å². The first-order valence-corrected chi connectivity index (χ1v) is 13.1. The number of hydrogen-bond donors (Lipinski definition) is 1. The van der Waals surface area contributed by atoms with Crippen LogP contribution in [0.2, 0.25) is 0 Å². The lowest BCUT2D eigenvalue weighted by Crippen LogP contribution is -2.46. The topological polar surface area (TPSA) is 57.6 Å². The number of aromatic carboxylic acids is 1. The molecule has 2 fully saturated rings. The molecule has 0 aromatic carbocycles. The van der Waals surface area contributed by atoms with Crippen LogP contribution >= 0.6 is 11.3 Å². The fourth-order valence-corrected chi connectivity index (χ4v) is 6.69. The molecule has 1 N–H and O–H groups in total. The van der Waals surface area contributed by atoms with Crippen LogP contribution in [0.1, 0.15) is 105 Å². The second-order valence-corrected chi connectivity index (χ2v) is 11.2. The van der Waals surface area contributed by atoms with E-state index in [0.717, 1.165) is 75.5 Å². The van der Waals surface area contributed by atoms with E-state index in [2.05, 4.69) is 19.9 Å². The van der Waals surface area contributed by atoms with Gasteiger partial charge in [-0.15, -0.1) is 11.3 Å². The Morgan fingerprint density at radius 2 is 1.61 bits per heavy atom. The zero-order chi connectivity index (χ0) is 22.0. The number of anilines is 1. The Hall–Kier alpha value is -1.62. The number of allylic oxidation sites excluding steroid dienone is 2. The van der Waals surface area contributed by atoms with Gasteiger partial charge in [0.25, 0.3) is 0 Å². The van der Waals surface area contributed by atoms with Gasteiger partial charge in [0.15, 0.2) is 0 Å². The number of hydrogen-bond acceptors (Lipinski definition) is 3. The normalized spacial score (nSPS) is 29.3. The summed E-state index contributed by atoms with van der Waals surface area (Å²) >= 11 is 1.37. The van der Waals surface area contributed by atoms with Crippen molar-refractivity contribution < 1.29 is 14.7 Å². The first-order chi connectivity index (χ1) is 14.9. The van der Waals surface area contributed by atoms with Crippen molar-refractivity contribution in [1.29, 1.82) is 0 Å². The lowest BCUT2D eigenvalue weighted by molar-refractivity contribution is -0.124. The van der Waals surface area contributed by atoms with Crippen molar-refractivity contribution in [3.8, 4) is 0 Å². The number of rotatable bonds is 5. The first kappa shape index (κ1) is 22.6. The van der Waals surface area contributed by atoms with E-state index < -0.39 is 5.97 Å². The number of carboxylic acids is 1. The van der Waals surface area contributed by atoms with Gasteiger partial charge in [-0.25, -0.2) is 4.79 Å². The number of amides is 1. The lowest BCUT2D eigenvalue weighted by atomic mass is 9.81. The van der Waals surface area contributed by atoms with Gasteiger partial charge in [0.1, 0.15) is 4.88 Å². The van der Waals surface area contributed by atoms with Crippen molar-refractivity contribution in [1.82, 2.24) is 0 Å². The molecule has 4 nitrogen and oxygen atoms in total. The van der Waals surface area contributed by atoms with Crippen molar-refractivity contribution in [3.63, 3.8) is 0 Å². The smallest absolute Gasteiger partial charge is 0.348 e. The van der Waals surface area contributed by atoms with Gasteiger partial charge in [0.2, 0.25) is 5.91 Å². The van der Waals surface area contributed by atoms with E-state index in [0.29, 0.717) is 22.4 Å². The zero-order valence-electron chi connectivity index (χ0n) is 19.1. The van der Waals surface area contributed by atoms with E-state index in [9.17, 15) is 14.7 Å². The summed E-state index contributed by atoms with van der Waals surface area (Å²) in [4.78, 5) is 29.5. The highest BCUT2D eigenvalue weighted by molar-refractivity contribution is 7.15. The minimum absolute atomic E-state index is 0.0365. The maximum atomic E-state index is 13.9. The van der Waals surface area contributed by atoms with E-state index in [4.69, 9.17) is 0 Å². The Bertz CT molecular complexity index is 826. The highest BCUT2D eigenvalue weighted by Crippen LogP contribution is 2.42. The highest BCUT2D eigenvalue weighted by Gasteiger charge is 2.37. The number of carbonyl (C=O) groups excluding carboxylic acids is 1. The molecule has 0 unspecified atom stereocenters. The average molecular weight is 444 g/mol. The fourth-order valence-electron chi connectivity index (χ4n) is 5.63. The second-order valence-electron chi connectivity index (χ2n) is 10.2. The standard InChI is InChI=1S/C26H37NO3S/c1-17-8-12-20(13-9-17)25(28)27(21-14-10-18(2)11-15-21)22-16-23(31-24(22)26(29)30)19-6-4-3-5-7-19/h6,16-18,20-21H,3-5,7-15H2,1-2H3,(H,29,30)/t17-,18-,20-,21-. The second kappa shape index (κ2) is 9.89. The summed E-state index contributed by atoms with van der Waals surface area (Å²) in [5, 5.41) is 10.0. The van der Waals surface area contributed by atoms with E-state index in [-0.39, 0.29) is 17.9 Å². The average Bonchev–Trinajstić information content (AvgIpc) is 3.22. The summed E-state index contributed by atoms with van der Waals surface area (Å²) < 4.78 is 0. The molecule has 3 aliphatic carbocycles. The van der Waals surface area contributed by atoms with Crippen LogP contribution in [0.15, 0.2) is 12.1 Å². The Labute approximate surface area is 190 Å². The van der Waals surface area contributed by atoms with E-state index in [1.807, 2.05) is 11.0 Å². The molecule has 0 radical (unpaired) electrons. The summed E-state index contributed by atoms with van der Waals surface area (Å²) in [6.45, 7) is 4.55. The molecule has 0 spiro atoms. The molecule has 31 heavy (non-hydrogen) atoms. The molecule has 1 heterocycles. The Morgan fingerprint density at radius 1 is 0.968 bits per heavy atom. The summed E-state index contributed by atoms with van der Waals surface area (Å²) in [6, 6.07) is 2.16. The maximum Gasteiger partial charge on any atom is 0.348 e. The minimum atomic E-state index is -0.901. The van der Waals surface area contributed by atoms with Gasteiger partial charge in [-0.3, -0.25) is 4.79 Å². The molecule has 170 valence electrons. The van der Waals surface area contributed by atoms with Crippen LogP contribution in [0, 0.1) is 17.8 Å². The molecule has 0 aliphatic heterocycles. The quantitative estimate of drug-likeness (QED) is 0.526. The van der Waals surface area contributed by atoms with E-state index in [1.54, 1.807) is 0 Å². The molecule has 1 amide bonds. The van der Waals surface area contributed by atoms with Crippen molar-refractivity contribution >= 4 is 34.5 Å². The molecule has 0 atom stereocenters. The van der Waals surface area contributed by atoms with Crippen LogP contribution in [0.4, 0.5) is 5.69 Å². The van der Waals surface area contributed by atoms with Gasteiger partial charge in [-0.2, -0.15) is 0 Å². The largest absolute Gasteiger partial charge is 0.477 e. The molecule has 3 aliphatic rings. The van der Waals surface area contributed by atoms with Crippen LogP contribution < -0.4 is 4.90 Å². The van der Waals surface area contributed by atoms with Crippen LogP contribution in [0.3, 0.4) is 0 Å². The zero-order valence-corrected chi connectivity index (χ0v) is 19.9. The van der Waals surface area contributed by atoms with Gasteiger partial charge >= 0.3 is 5.97 Å². The Balaban J connectivity index is 1.70. The molecule has 1 aromatic rings. The molecule has 0 saturated heterocycles. The maximum absolute atomic E-state index is 13.9. The summed E-state index contributed by atoms with van der Waals surface area (Å²) in [5.41, 5.74) is 1.93. The number of nitrogens with zero attached hydrogens (tertiary/aromatic N) is 1. The van der Waals surface area contributed by atoms with Crippen LogP contribution in [0.25, 0.3) is 5.57 Å². The number of carboxylic acid groups (broad SMARTS) is 1. The van der Waals surface area contributed by atoms with Gasteiger partial charge in [-0.05, 0) is 101 Å². The summed E-state index contributed by atoms with van der Waals surface area (Å²) in [7, 11) is 0. The van der Waals surface area contributed by atoms with Crippen molar-refractivity contribution in [2.75, 3.05) is 4.90 Å². The third-order valence-corrected chi connectivity index (χ3v) is 8.91. The molecule has 0 bridgehead atoms. The Kier molecular flexibility index (Phi) is 7.20. The molecule has 4 rings (SSSR count). The van der Waals surface area contributed by atoms with Crippen LogP contribution in [0.5, 0.6) is 0 Å². The van der Waals surface area contributed by atoms with Gasteiger partial charge in [-0.1, -0.05) is 19.9 Å². The predicted octanol–water partition coefficient (Wildman–Crippen LogP) is 7.14. The van der Waals surface area contributed by atoms with E-state index >= 15 is 0 Å². The molecule has 5 heteroatoms. The van der Waals surface area contributed by atoms with Crippen molar-refractivity contribution in [3.05, 3.63) is 21.9 Å². The summed E-state index contributed by atoms with van der Waals surface area (Å²) in [5.74, 6) is 0.689. The summed E-state index contributed by atoms with van der Waals surface area (Å²) in [6.07, 6.45) is 14.9. The number of thiophene rings is 1. The molecule has 1 aromatic heterocycles. The first-order valence-electron chi connectivity index (χ1n) is 12.3. The monoisotopic (exact) mass is 443 g/mol. The van der Waals surface area contributed by atoms with Gasteiger partial charge < -0.3 is 10.0 Å². The van der Waals surface area contributed by atoms with Gasteiger partial charge in [0.05, 0.1) is 5.69 Å². The van der Waals surface area contributed by atoms with Crippen LogP contribution in [-0.2, 0) is 4.79 Å². The third-order valence-electron chi connectivity index (χ3n) is 7.73. The van der Waals surface area contributed by atoms with Crippen molar-refractivity contribution in [2.24, 2.45) is 17.8 Å². The van der Waals surface area contributed by atoms with Crippen molar-refractivity contribution in [2.45, 2.75) is 96.9 Å². The van der Waals surface area contributed by atoms with Crippen LogP contribution in [-0.4, -0.2) is 23.0 Å². The SMILES string of the molecule is C[C@H]1CC[C@H](C(=O)N(c2cc(C3=CCCCC3)sc2C(=O)O)[C@H]2CC[C@H](C)CC2)CC1. The predicted molar refractivity (Wildman–Crippen MR) is 128 cm³/mol. The fraction of sp³-hybridized carbons (Fsp3) is 0.692. The molecular formula is C26H37NO3S. The highest BCUT2D eigenvalue weighted by atomic mass is 32.1.